The molecule has 0 aliphatic rings. The van der Waals surface area contributed by atoms with E-state index >= 15 is 0 Å². The molecule has 0 saturated carbocycles. The van der Waals surface area contributed by atoms with Crippen molar-refractivity contribution in [3.05, 3.63) is 41.0 Å². The largest absolute Gasteiger partial charge is 0.330 e. The summed E-state index contributed by atoms with van der Waals surface area (Å²) in [6.45, 7) is 2.02. The normalized spacial score (nSPS) is 12.0. The zero-order chi connectivity index (χ0) is 17.6. The van der Waals surface area contributed by atoms with Crippen molar-refractivity contribution in [2.75, 3.05) is 26.5 Å². The number of nitrogens with zero attached hydrogens (tertiary/aromatic N) is 5. The summed E-state index contributed by atoms with van der Waals surface area (Å²) >= 11 is 3.21. The molecule has 0 aliphatic carbocycles. The first-order chi connectivity index (χ1) is 11.9. The minimum Gasteiger partial charge on any atom is -0.330 e. The average molecular weight is 372 g/mol. The number of nitrogens with one attached hydrogen (secondary N) is 1. The molecule has 0 radical (unpaired) electrons. The molecular formula is C17H19N6S2+. The zero-order valence-corrected chi connectivity index (χ0v) is 16.1. The van der Waals surface area contributed by atoms with Gasteiger partial charge in [0.15, 0.2) is 10.1 Å². The van der Waals surface area contributed by atoms with Gasteiger partial charge < -0.3 is 5.32 Å². The van der Waals surface area contributed by atoms with Crippen LogP contribution in [-0.4, -0.2) is 40.5 Å². The Hall–Kier alpha value is -2.29. The molecule has 6 nitrogen and oxygen atoms in total. The number of aromatic nitrogens is 4. The number of thiazole rings is 2. The molecule has 0 aromatic carbocycles. The van der Waals surface area contributed by atoms with Crippen LogP contribution >= 0.6 is 22.7 Å². The molecule has 0 bridgehead atoms. The maximum Gasteiger partial charge on any atom is 0.226 e. The Morgan fingerprint density at radius 3 is 2.68 bits per heavy atom. The van der Waals surface area contributed by atoms with Gasteiger partial charge in [-0.15, -0.1) is 22.7 Å². The fraction of sp³-hybridized carbons (Fsp3) is 0.235. The molecule has 4 aromatic rings. The van der Waals surface area contributed by atoms with Crippen molar-refractivity contribution in [1.29, 1.82) is 0 Å². The van der Waals surface area contributed by atoms with Crippen LogP contribution in [0.25, 0.3) is 16.3 Å². The molecule has 0 spiro atoms. The van der Waals surface area contributed by atoms with Gasteiger partial charge in [0.1, 0.15) is 5.69 Å². The van der Waals surface area contributed by atoms with E-state index in [1.165, 1.54) is 0 Å². The summed E-state index contributed by atoms with van der Waals surface area (Å²) in [5, 5.41) is 8.28. The lowest BCUT2D eigenvalue weighted by Gasteiger charge is -2.21. The van der Waals surface area contributed by atoms with Crippen LogP contribution < -0.4 is 9.80 Å². The third kappa shape index (κ3) is 3.04. The van der Waals surface area contributed by atoms with Crippen molar-refractivity contribution in [3.8, 4) is 11.4 Å². The Morgan fingerprint density at radius 2 is 1.96 bits per heavy atom. The first-order valence-corrected chi connectivity index (χ1v) is 9.61. The quantitative estimate of drug-likeness (QED) is 0.547. The summed E-state index contributed by atoms with van der Waals surface area (Å²) in [6.07, 6.45) is 3.89. The SMILES string of the molecule is Cc1nc2sccn2c1-c1csc(Nc2ccc([N+](C)(C)C)nc2)n1. The number of quaternary nitrogens is 1. The molecule has 0 fully saturated rings. The standard InChI is InChI=1S/C17H19N6S2/c1-11-15(22-7-8-24-17(22)19-11)13-10-25-16(21-13)20-12-5-6-14(18-9-12)23(2,3)4/h5-10H,1-4H3,(H,20,21)/q+1. The Kier molecular flexibility index (Phi) is 3.82. The number of hydrogen-bond donors (Lipinski definition) is 1. The third-order valence-corrected chi connectivity index (χ3v) is 5.38. The second-order valence-electron chi connectivity index (χ2n) is 6.68. The third-order valence-electron chi connectivity index (χ3n) is 3.87. The van der Waals surface area contributed by atoms with Crippen molar-refractivity contribution in [3.63, 3.8) is 0 Å². The second kappa shape index (κ2) is 5.91. The van der Waals surface area contributed by atoms with Gasteiger partial charge in [-0.2, -0.15) is 0 Å². The van der Waals surface area contributed by atoms with E-state index in [2.05, 4.69) is 46.2 Å². The molecule has 0 atom stereocenters. The summed E-state index contributed by atoms with van der Waals surface area (Å²) in [5.74, 6) is 1.01. The smallest absolute Gasteiger partial charge is 0.226 e. The van der Waals surface area contributed by atoms with E-state index in [1.807, 2.05) is 36.8 Å². The predicted molar refractivity (Wildman–Crippen MR) is 106 cm³/mol. The van der Waals surface area contributed by atoms with Crippen LogP contribution in [0.1, 0.15) is 5.69 Å². The van der Waals surface area contributed by atoms with Gasteiger partial charge in [0.2, 0.25) is 5.82 Å². The topological polar surface area (TPSA) is 55.1 Å². The number of fused-ring (bicyclic) bond motifs is 1. The van der Waals surface area contributed by atoms with Crippen LogP contribution in [0.2, 0.25) is 0 Å². The second-order valence-corrected chi connectivity index (χ2v) is 8.41. The number of imidazole rings is 1. The van der Waals surface area contributed by atoms with Crippen LogP contribution in [0.15, 0.2) is 35.3 Å². The highest BCUT2D eigenvalue weighted by Gasteiger charge is 2.16. The number of hydrogen-bond acceptors (Lipinski definition) is 6. The average Bonchev–Trinajstić information content (AvgIpc) is 3.23. The highest BCUT2D eigenvalue weighted by Crippen LogP contribution is 2.31. The van der Waals surface area contributed by atoms with Gasteiger partial charge in [-0.05, 0) is 13.0 Å². The lowest BCUT2D eigenvalue weighted by atomic mass is 10.3. The van der Waals surface area contributed by atoms with E-state index < -0.39 is 0 Å². The first-order valence-electron chi connectivity index (χ1n) is 7.85. The van der Waals surface area contributed by atoms with E-state index in [-0.39, 0.29) is 0 Å². The Bertz CT molecular complexity index is 1020. The van der Waals surface area contributed by atoms with Crippen molar-refractivity contribution < 1.29 is 0 Å². The minimum atomic E-state index is 0.693. The molecule has 128 valence electrons. The molecule has 25 heavy (non-hydrogen) atoms. The lowest BCUT2D eigenvalue weighted by molar-refractivity contribution is 0.473. The monoisotopic (exact) mass is 371 g/mol. The molecule has 0 unspecified atom stereocenters. The first kappa shape index (κ1) is 16.2. The zero-order valence-electron chi connectivity index (χ0n) is 14.5. The highest BCUT2D eigenvalue weighted by molar-refractivity contribution is 7.15. The summed E-state index contributed by atoms with van der Waals surface area (Å²) in [5.41, 5.74) is 3.92. The van der Waals surface area contributed by atoms with Gasteiger partial charge in [0.25, 0.3) is 0 Å². The lowest BCUT2D eigenvalue weighted by Crippen LogP contribution is -2.35. The van der Waals surface area contributed by atoms with E-state index in [1.54, 1.807) is 22.7 Å². The van der Waals surface area contributed by atoms with Crippen LogP contribution in [0.5, 0.6) is 0 Å². The summed E-state index contributed by atoms with van der Waals surface area (Å²) in [7, 11) is 6.30. The van der Waals surface area contributed by atoms with E-state index in [0.29, 0.717) is 4.48 Å². The molecule has 1 N–H and O–H groups in total. The number of rotatable bonds is 4. The van der Waals surface area contributed by atoms with Crippen LogP contribution in [0.3, 0.4) is 0 Å². The number of aryl methyl sites for hydroxylation is 1. The Morgan fingerprint density at radius 1 is 1.12 bits per heavy atom. The van der Waals surface area contributed by atoms with Crippen molar-refractivity contribution in [1.82, 2.24) is 23.8 Å². The van der Waals surface area contributed by atoms with E-state index in [9.17, 15) is 0 Å². The van der Waals surface area contributed by atoms with Gasteiger partial charge in [0, 0.05) is 23.0 Å². The van der Waals surface area contributed by atoms with Gasteiger partial charge in [-0.3, -0.25) is 8.88 Å². The highest BCUT2D eigenvalue weighted by atomic mass is 32.1. The van der Waals surface area contributed by atoms with Crippen molar-refractivity contribution in [2.24, 2.45) is 0 Å². The molecule has 0 amide bonds. The van der Waals surface area contributed by atoms with Gasteiger partial charge in [-0.25, -0.2) is 15.0 Å². The molecular weight excluding hydrogens is 352 g/mol. The molecule has 0 saturated heterocycles. The van der Waals surface area contributed by atoms with Crippen LogP contribution in [-0.2, 0) is 0 Å². The fourth-order valence-corrected chi connectivity index (χ4v) is 4.10. The Labute approximate surface area is 154 Å². The molecule has 4 heterocycles. The fourth-order valence-electron chi connectivity index (χ4n) is 2.62. The van der Waals surface area contributed by atoms with Gasteiger partial charge in [0.05, 0.1) is 44.4 Å². The van der Waals surface area contributed by atoms with Crippen LogP contribution in [0, 0.1) is 6.92 Å². The van der Waals surface area contributed by atoms with Crippen LogP contribution in [0.4, 0.5) is 16.6 Å². The number of anilines is 2. The van der Waals surface area contributed by atoms with Crippen molar-refractivity contribution >= 4 is 44.3 Å². The minimum absolute atomic E-state index is 0.693. The molecule has 4 aromatic heterocycles. The Balaban J connectivity index is 1.60. The van der Waals surface area contributed by atoms with Gasteiger partial charge in [-0.1, -0.05) is 0 Å². The maximum atomic E-state index is 4.73. The summed E-state index contributed by atoms with van der Waals surface area (Å²) in [4.78, 5) is 14.8. The molecule has 0 aliphatic heterocycles. The van der Waals surface area contributed by atoms with Gasteiger partial charge >= 0.3 is 0 Å². The summed E-state index contributed by atoms with van der Waals surface area (Å²) < 4.78 is 2.79. The predicted octanol–water partition coefficient (Wildman–Crippen LogP) is 4.16. The van der Waals surface area contributed by atoms with E-state index in [0.717, 1.165) is 38.7 Å². The van der Waals surface area contributed by atoms with Crippen molar-refractivity contribution in [2.45, 2.75) is 6.92 Å². The van der Waals surface area contributed by atoms with E-state index in [4.69, 9.17) is 4.98 Å². The maximum absolute atomic E-state index is 4.73. The summed E-state index contributed by atoms with van der Waals surface area (Å²) in [6, 6.07) is 4.07. The molecule has 8 heteroatoms. The number of pyridine rings is 1. The molecule has 4 rings (SSSR count).